The second-order valence-electron chi connectivity index (χ2n) is 4.90. The van der Waals surface area contributed by atoms with Crippen LogP contribution in [0.4, 0.5) is 0 Å². The van der Waals surface area contributed by atoms with Crippen molar-refractivity contribution in [2.75, 3.05) is 18.1 Å². The lowest BCUT2D eigenvalue weighted by atomic mass is 10.1. The molecule has 1 aromatic carbocycles. The molecular formula is C14H13N5O3S. The van der Waals surface area contributed by atoms with E-state index in [1.807, 2.05) is 0 Å². The van der Waals surface area contributed by atoms with Crippen molar-refractivity contribution in [2.45, 2.75) is 12.1 Å². The van der Waals surface area contributed by atoms with Gasteiger partial charge in [-0.3, -0.25) is 19.3 Å². The van der Waals surface area contributed by atoms with Gasteiger partial charge in [-0.25, -0.2) is 0 Å². The van der Waals surface area contributed by atoms with Crippen LogP contribution in [-0.2, 0) is 0 Å². The Kier molecular flexibility index (Phi) is 3.87. The summed E-state index contributed by atoms with van der Waals surface area (Å²) in [7, 11) is 0. The molecule has 0 fully saturated rings. The van der Waals surface area contributed by atoms with Gasteiger partial charge in [0.25, 0.3) is 17.4 Å². The lowest BCUT2D eigenvalue weighted by Gasteiger charge is -2.13. The first-order valence-electron chi connectivity index (χ1n) is 6.80. The number of hydrogen-bond donors (Lipinski definition) is 1. The molecule has 0 aliphatic carbocycles. The van der Waals surface area contributed by atoms with E-state index >= 15 is 0 Å². The third-order valence-corrected chi connectivity index (χ3v) is 4.37. The molecule has 23 heavy (non-hydrogen) atoms. The molecule has 2 heterocycles. The van der Waals surface area contributed by atoms with Crippen LogP contribution < -0.4 is 11.4 Å². The molecule has 2 N–H and O–H groups in total. The highest BCUT2D eigenvalue weighted by Crippen LogP contribution is 2.23. The quantitative estimate of drug-likeness (QED) is 0.478. The van der Waals surface area contributed by atoms with E-state index in [1.54, 1.807) is 24.3 Å². The van der Waals surface area contributed by atoms with Crippen molar-refractivity contribution in [3.63, 3.8) is 0 Å². The maximum absolute atomic E-state index is 12.2. The van der Waals surface area contributed by atoms with Gasteiger partial charge in [0.15, 0.2) is 0 Å². The molecule has 8 nitrogen and oxygen atoms in total. The SMILES string of the molecule is Cc1nnc(SCCN2C(=O)c3ccccc3C2=O)n(N)c1=O. The summed E-state index contributed by atoms with van der Waals surface area (Å²) in [5, 5.41) is 7.80. The summed E-state index contributed by atoms with van der Waals surface area (Å²) in [4.78, 5) is 37.3. The van der Waals surface area contributed by atoms with E-state index in [-0.39, 0.29) is 29.2 Å². The van der Waals surface area contributed by atoms with Gasteiger partial charge in [0, 0.05) is 12.3 Å². The Labute approximate surface area is 135 Å². The number of aryl methyl sites for hydroxylation is 1. The molecule has 1 aliphatic rings. The minimum absolute atomic E-state index is 0.195. The van der Waals surface area contributed by atoms with Crippen molar-refractivity contribution in [3.05, 3.63) is 51.4 Å². The summed E-state index contributed by atoms with van der Waals surface area (Å²) in [5.74, 6) is 5.37. The number of carbonyl (C=O) groups excluding carboxylic acids is 2. The summed E-state index contributed by atoms with van der Waals surface area (Å²) >= 11 is 1.16. The normalized spacial score (nSPS) is 13.5. The second-order valence-corrected chi connectivity index (χ2v) is 5.96. The molecule has 1 aliphatic heterocycles. The fourth-order valence-corrected chi connectivity index (χ4v) is 3.02. The molecule has 2 aromatic rings. The fraction of sp³-hybridized carbons (Fsp3) is 0.214. The van der Waals surface area contributed by atoms with E-state index < -0.39 is 5.56 Å². The van der Waals surface area contributed by atoms with Gasteiger partial charge < -0.3 is 5.84 Å². The van der Waals surface area contributed by atoms with Crippen molar-refractivity contribution >= 4 is 23.6 Å². The number of imide groups is 1. The predicted octanol–water partition coefficient (Wildman–Crippen LogP) is 0.0488. The molecule has 3 rings (SSSR count). The Morgan fingerprint density at radius 2 is 1.70 bits per heavy atom. The molecule has 118 valence electrons. The lowest BCUT2D eigenvalue weighted by Crippen LogP contribution is -2.34. The maximum Gasteiger partial charge on any atom is 0.294 e. The number of thioether (sulfide) groups is 1. The smallest absolute Gasteiger partial charge is 0.294 e. The Bertz CT molecular complexity index is 829. The van der Waals surface area contributed by atoms with Crippen LogP contribution in [0, 0.1) is 6.92 Å². The van der Waals surface area contributed by atoms with E-state index in [9.17, 15) is 14.4 Å². The van der Waals surface area contributed by atoms with Crippen molar-refractivity contribution in [1.82, 2.24) is 19.8 Å². The largest absolute Gasteiger partial charge is 0.334 e. The topological polar surface area (TPSA) is 111 Å². The summed E-state index contributed by atoms with van der Waals surface area (Å²) in [6, 6.07) is 6.70. The van der Waals surface area contributed by atoms with Gasteiger partial charge in [-0.1, -0.05) is 23.9 Å². The number of rotatable bonds is 4. The van der Waals surface area contributed by atoms with Crippen LogP contribution in [0.25, 0.3) is 0 Å². The first-order chi connectivity index (χ1) is 11.0. The van der Waals surface area contributed by atoms with Crippen LogP contribution in [0.15, 0.2) is 34.2 Å². The molecule has 0 saturated carbocycles. The van der Waals surface area contributed by atoms with E-state index in [4.69, 9.17) is 5.84 Å². The van der Waals surface area contributed by atoms with Crippen LogP contribution in [0.5, 0.6) is 0 Å². The minimum atomic E-state index is -0.428. The summed E-state index contributed by atoms with van der Waals surface area (Å²) < 4.78 is 0.912. The zero-order valence-corrected chi connectivity index (χ0v) is 13.0. The average Bonchev–Trinajstić information content (AvgIpc) is 2.80. The monoisotopic (exact) mass is 331 g/mol. The summed E-state index contributed by atoms with van der Waals surface area (Å²) in [5.41, 5.74) is 0.599. The molecule has 1 aromatic heterocycles. The Hall–Kier alpha value is -2.68. The zero-order valence-electron chi connectivity index (χ0n) is 12.2. The van der Waals surface area contributed by atoms with Gasteiger partial charge >= 0.3 is 0 Å². The first kappa shape index (κ1) is 15.2. The summed E-state index contributed by atoms with van der Waals surface area (Å²) in [6.45, 7) is 1.71. The zero-order chi connectivity index (χ0) is 16.6. The van der Waals surface area contributed by atoms with Gasteiger partial charge in [-0.15, -0.1) is 10.2 Å². The predicted molar refractivity (Wildman–Crippen MR) is 83.7 cm³/mol. The van der Waals surface area contributed by atoms with Crippen LogP contribution in [-0.4, -0.2) is 43.9 Å². The maximum atomic E-state index is 12.2. The molecule has 9 heteroatoms. The average molecular weight is 331 g/mol. The third kappa shape index (κ3) is 2.59. The van der Waals surface area contributed by atoms with E-state index in [0.29, 0.717) is 16.9 Å². The highest BCUT2D eigenvalue weighted by Gasteiger charge is 2.34. The van der Waals surface area contributed by atoms with E-state index in [2.05, 4.69) is 10.2 Å². The standard InChI is InChI=1S/C14H13N5O3S/c1-8-11(20)19(15)14(17-16-8)23-7-6-18-12(21)9-4-2-3-5-10(9)13(18)22/h2-5H,6-7,15H2,1H3. The Morgan fingerprint density at radius 3 is 2.30 bits per heavy atom. The van der Waals surface area contributed by atoms with Crippen molar-refractivity contribution in [3.8, 4) is 0 Å². The Morgan fingerprint density at radius 1 is 1.09 bits per heavy atom. The minimum Gasteiger partial charge on any atom is -0.334 e. The molecule has 0 saturated heterocycles. The van der Waals surface area contributed by atoms with Crippen molar-refractivity contribution in [1.29, 1.82) is 0 Å². The first-order valence-corrected chi connectivity index (χ1v) is 7.78. The molecule has 2 amide bonds. The van der Waals surface area contributed by atoms with Crippen molar-refractivity contribution < 1.29 is 9.59 Å². The van der Waals surface area contributed by atoms with Crippen LogP contribution in [0.3, 0.4) is 0 Å². The fourth-order valence-electron chi connectivity index (χ4n) is 2.24. The van der Waals surface area contributed by atoms with Gasteiger partial charge in [0.1, 0.15) is 5.69 Å². The summed E-state index contributed by atoms with van der Waals surface area (Å²) in [6.07, 6.45) is 0. The van der Waals surface area contributed by atoms with Crippen LogP contribution in [0.2, 0.25) is 0 Å². The van der Waals surface area contributed by atoms with Crippen LogP contribution >= 0.6 is 11.8 Å². The number of benzene rings is 1. The molecule has 0 radical (unpaired) electrons. The number of nitrogens with zero attached hydrogens (tertiary/aromatic N) is 4. The molecule has 0 atom stereocenters. The van der Waals surface area contributed by atoms with Crippen molar-refractivity contribution in [2.24, 2.45) is 0 Å². The van der Waals surface area contributed by atoms with Crippen LogP contribution in [0.1, 0.15) is 26.4 Å². The second kappa shape index (κ2) is 5.84. The third-order valence-electron chi connectivity index (χ3n) is 3.44. The van der Waals surface area contributed by atoms with Gasteiger partial charge in [0.05, 0.1) is 11.1 Å². The van der Waals surface area contributed by atoms with E-state index in [1.165, 1.54) is 11.8 Å². The molecular weight excluding hydrogens is 318 g/mol. The number of carbonyl (C=O) groups is 2. The lowest BCUT2D eigenvalue weighted by molar-refractivity contribution is 0.0664. The highest BCUT2D eigenvalue weighted by molar-refractivity contribution is 7.99. The Balaban J connectivity index is 1.69. The van der Waals surface area contributed by atoms with Gasteiger partial charge in [-0.2, -0.15) is 4.68 Å². The number of nitrogens with two attached hydrogens (primary N) is 1. The van der Waals surface area contributed by atoms with Gasteiger partial charge in [-0.05, 0) is 19.1 Å². The van der Waals surface area contributed by atoms with E-state index in [0.717, 1.165) is 16.4 Å². The number of hydrogen-bond acceptors (Lipinski definition) is 7. The molecule has 0 unspecified atom stereocenters. The highest BCUT2D eigenvalue weighted by atomic mass is 32.2. The number of amides is 2. The number of fused-ring (bicyclic) bond motifs is 1. The number of nitrogen functional groups attached to an aromatic ring is 1. The molecule has 0 spiro atoms. The number of aromatic nitrogens is 3. The van der Waals surface area contributed by atoms with Gasteiger partial charge in [0.2, 0.25) is 5.16 Å². The molecule has 0 bridgehead atoms.